The van der Waals surface area contributed by atoms with Crippen LogP contribution in [0.15, 0.2) is 36.5 Å². The molecule has 1 aliphatic carbocycles. The fourth-order valence-corrected chi connectivity index (χ4v) is 5.73. The van der Waals surface area contributed by atoms with Crippen LogP contribution in [0, 0.1) is 0 Å². The number of halogens is 5. The fourth-order valence-electron chi connectivity index (χ4n) is 5.55. The van der Waals surface area contributed by atoms with Crippen molar-refractivity contribution in [2.45, 2.75) is 88.1 Å². The summed E-state index contributed by atoms with van der Waals surface area (Å²) in [7, 11) is 0. The summed E-state index contributed by atoms with van der Waals surface area (Å²) < 4.78 is 60.0. The van der Waals surface area contributed by atoms with Crippen LogP contribution in [-0.2, 0) is 4.79 Å². The quantitative estimate of drug-likeness (QED) is 0.403. The molecular formula is C27H29ClF4N4O3. The maximum absolute atomic E-state index is 13.6. The van der Waals surface area contributed by atoms with E-state index < -0.39 is 53.5 Å². The first-order valence-electron chi connectivity index (χ1n) is 12.9. The number of benzene rings is 1. The highest BCUT2D eigenvalue weighted by atomic mass is 35.5. The molecule has 0 spiro atoms. The van der Waals surface area contributed by atoms with Gasteiger partial charge in [-0.25, -0.2) is 22.5 Å². The summed E-state index contributed by atoms with van der Waals surface area (Å²) in [4.78, 5) is 33.0. The van der Waals surface area contributed by atoms with Gasteiger partial charge in [0.2, 0.25) is 0 Å². The Hall–Kier alpha value is -3.08. The van der Waals surface area contributed by atoms with Crippen LogP contribution in [0.3, 0.4) is 0 Å². The molecule has 2 aliphatic heterocycles. The van der Waals surface area contributed by atoms with E-state index in [1.165, 1.54) is 38.2 Å². The molecule has 12 heteroatoms. The topological polar surface area (TPSA) is 83.6 Å². The number of fused-ring (bicyclic) bond motifs is 2. The Morgan fingerprint density at radius 3 is 2.64 bits per heavy atom. The average molecular weight is 569 g/mol. The number of amides is 2. The molecule has 39 heavy (non-hydrogen) atoms. The third-order valence-corrected chi connectivity index (χ3v) is 7.94. The minimum absolute atomic E-state index is 0.0337. The van der Waals surface area contributed by atoms with E-state index in [1.807, 2.05) is 4.90 Å². The minimum atomic E-state index is -2.92. The van der Waals surface area contributed by atoms with Crippen molar-refractivity contribution in [1.29, 1.82) is 0 Å². The smallest absolute Gasteiger partial charge is 0.270 e. The van der Waals surface area contributed by atoms with Crippen molar-refractivity contribution in [3.05, 3.63) is 52.7 Å². The lowest BCUT2D eigenvalue weighted by Crippen LogP contribution is -2.65. The van der Waals surface area contributed by atoms with Crippen LogP contribution in [0.4, 0.5) is 23.4 Å². The fraction of sp³-hybridized carbons (Fsp3) is 0.519. The van der Waals surface area contributed by atoms with Gasteiger partial charge in [0.1, 0.15) is 17.2 Å². The van der Waals surface area contributed by atoms with Crippen molar-refractivity contribution < 1.29 is 31.9 Å². The number of hydrogen-bond acceptors (Lipinski definition) is 5. The van der Waals surface area contributed by atoms with E-state index in [0.717, 1.165) is 18.9 Å². The zero-order chi connectivity index (χ0) is 28.2. The third-order valence-electron chi connectivity index (χ3n) is 7.70. The maximum Gasteiger partial charge on any atom is 0.270 e. The number of ether oxygens (including phenoxy) is 1. The highest BCUT2D eigenvalue weighted by Gasteiger charge is 2.58. The van der Waals surface area contributed by atoms with Crippen LogP contribution in [0.1, 0.15) is 74.7 Å². The van der Waals surface area contributed by atoms with E-state index in [2.05, 4.69) is 15.6 Å². The number of piperidine rings is 1. The van der Waals surface area contributed by atoms with Crippen LogP contribution in [-0.4, -0.2) is 46.1 Å². The monoisotopic (exact) mass is 568 g/mol. The van der Waals surface area contributed by atoms with Crippen LogP contribution in [0.5, 0.6) is 5.75 Å². The van der Waals surface area contributed by atoms with Crippen molar-refractivity contribution >= 4 is 29.2 Å². The molecule has 1 saturated carbocycles. The Kier molecular flexibility index (Phi) is 6.93. The normalized spacial score (nSPS) is 25.4. The Morgan fingerprint density at radius 1 is 1.21 bits per heavy atom. The molecule has 5 rings (SSSR count). The van der Waals surface area contributed by atoms with E-state index in [0.29, 0.717) is 25.1 Å². The zero-order valence-corrected chi connectivity index (χ0v) is 22.2. The van der Waals surface area contributed by atoms with Gasteiger partial charge in [-0.2, -0.15) is 0 Å². The summed E-state index contributed by atoms with van der Waals surface area (Å²) in [5.74, 6) is -3.96. The molecule has 3 atom stereocenters. The molecule has 2 bridgehead atoms. The second kappa shape index (κ2) is 9.83. The molecule has 1 aromatic carbocycles. The molecule has 2 N–H and O–H groups in total. The zero-order valence-electron chi connectivity index (χ0n) is 21.4. The third kappa shape index (κ3) is 5.25. The molecule has 3 unspecified atom stereocenters. The lowest BCUT2D eigenvalue weighted by molar-refractivity contribution is -0.136. The summed E-state index contributed by atoms with van der Waals surface area (Å²) in [6.45, 7) is 2.97. The van der Waals surface area contributed by atoms with Gasteiger partial charge >= 0.3 is 0 Å². The molecule has 2 saturated heterocycles. The number of nitrogens with zero attached hydrogens (tertiary/aromatic N) is 2. The van der Waals surface area contributed by atoms with Crippen molar-refractivity contribution in [3.8, 4) is 5.75 Å². The van der Waals surface area contributed by atoms with Crippen molar-refractivity contribution in [3.63, 3.8) is 0 Å². The van der Waals surface area contributed by atoms with Gasteiger partial charge in [0, 0.05) is 23.7 Å². The molecular weight excluding hydrogens is 540 g/mol. The van der Waals surface area contributed by atoms with Crippen LogP contribution in [0.25, 0.3) is 0 Å². The first-order valence-corrected chi connectivity index (χ1v) is 13.2. The maximum atomic E-state index is 13.6. The molecule has 1 aromatic heterocycles. The summed E-state index contributed by atoms with van der Waals surface area (Å²) >= 11 is 5.87. The lowest BCUT2D eigenvalue weighted by Gasteiger charge is -2.47. The number of hydrogen-bond donors (Lipinski definition) is 2. The Morgan fingerprint density at radius 2 is 1.95 bits per heavy atom. The van der Waals surface area contributed by atoms with Gasteiger partial charge in [-0.3, -0.25) is 9.59 Å². The highest BCUT2D eigenvalue weighted by Crippen LogP contribution is 2.46. The highest BCUT2D eigenvalue weighted by molar-refractivity contribution is 6.30. The van der Waals surface area contributed by atoms with E-state index in [9.17, 15) is 27.2 Å². The number of aromatic nitrogens is 1. The Labute approximate surface area is 228 Å². The molecule has 7 nitrogen and oxygen atoms in total. The summed E-state index contributed by atoms with van der Waals surface area (Å²) in [6, 6.07) is 5.65. The number of carbonyl (C=O) groups is 2. The first-order chi connectivity index (χ1) is 18.3. The van der Waals surface area contributed by atoms with Crippen molar-refractivity contribution in [2.75, 3.05) is 4.90 Å². The Bertz CT molecular complexity index is 1290. The number of pyridine rings is 1. The van der Waals surface area contributed by atoms with E-state index in [4.69, 9.17) is 16.3 Å². The lowest BCUT2D eigenvalue weighted by atomic mass is 9.94. The predicted molar refractivity (Wildman–Crippen MR) is 136 cm³/mol. The van der Waals surface area contributed by atoms with E-state index in [-0.39, 0.29) is 22.4 Å². The first kappa shape index (κ1) is 27.5. The van der Waals surface area contributed by atoms with Crippen LogP contribution in [0.2, 0.25) is 5.02 Å². The molecule has 210 valence electrons. The van der Waals surface area contributed by atoms with Crippen LogP contribution >= 0.6 is 11.6 Å². The van der Waals surface area contributed by atoms with Crippen molar-refractivity contribution in [1.82, 2.24) is 15.6 Å². The largest absolute Gasteiger partial charge is 0.478 e. The van der Waals surface area contributed by atoms with Gasteiger partial charge in [-0.15, -0.1) is 0 Å². The van der Waals surface area contributed by atoms with E-state index in [1.54, 1.807) is 6.07 Å². The summed E-state index contributed by atoms with van der Waals surface area (Å²) in [5.41, 5.74) is -2.74. The number of rotatable bonds is 8. The van der Waals surface area contributed by atoms with Crippen molar-refractivity contribution in [2.24, 2.45) is 0 Å². The van der Waals surface area contributed by atoms with Gasteiger partial charge in [-0.05, 0) is 76.3 Å². The van der Waals surface area contributed by atoms with Gasteiger partial charge in [-0.1, -0.05) is 11.6 Å². The second-order valence-corrected chi connectivity index (χ2v) is 11.3. The Balaban J connectivity index is 1.41. The summed E-state index contributed by atoms with van der Waals surface area (Å²) in [6.07, 6.45) is 1.68. The van der Waals surface area contributed by atoms with Gasteiger partial charge in [0.15, 0.2) is 5.60 Å². The number of alkyl halides is 4. The second-order valence-electron chi connectivity index (χ2n) is 10.9. The number of carbonyl (C=O) groups excluding carboxylic acids is 2. The van der Waals surface area contributed by atoms with Gasteiger partial charge < -0.3 is 20.3 Å². The van der Waals surface area contributed by atoms with Gasteiger partial charge in [0.05, 0.1) is 17.2 Å². The molecule has 0 radical (unpaired) electrons. The van der Waals surface area contributed by atoms with Crippen LogP contribution < -0.4 is 20.3 Å². The predicted octanol–water partition coefficient (Wildman–Crippen LogP) is 5.63. The van der Waals surface area contributed by atoms with Gasteiger partial charge in [0.25, 0.3) is 24.2 Å². The number of nitrogens with one attached hydrogen (secondary N) is 2. The van der Waals surface area contributed by atoms with E-state index >= 15 is 0 Å². The number of anilines is 1. The molecule has 2 aromatic rings. The average Bonchev–Trinajstić information content (AvgIpc) is 3.41. The molecule has 3 fully saturated rings. The molecule has 2 amide bonds. The molecule has 3 aliphatic rings. The minimum Gasteiger partial charge on any atom is -0.478 e. The summed E-state index contributed by atoms with van der Waals surface area (Å²) in [5, 5.41) is 5.58. The molecule has 3 heterocycles. The SMILES string of the molecule is CC(C)(Oc1ccc(Cl)cc1C(F)F)C(=O)NC12CCCC(CC1)N2c1ncccc1C(=O)NC1CC1(F)F. The standard InChI is InChI=1S/C27H29ClF4N4O3/c1-25(2,39-19-8-7-15(28)13-18(19)21(29)30)24(38)35-26-10-3-5-16(9-11-26)36(26)22-17(6-4-12-33-22)23(37)34-20-14-27(20,31)32/h4,6-8,12-13,16,20-21H,3,5,9-11,14H2,1-2H3,(H,34,37)(H,35,38).